The number of benzene rings is 1. The van der Waals surface area contributed by atoms with Crippen molar-refractivity contribution in [3.63, 3.8) is 0 Å². The summed E-state index contributed by atoms with van der Waals surface area (Å²) in [5.41, 5.74) is 2.01. The molecule has 1 fully saturated rings. The lowest BCUT2D eigenvalue weighted by molar-refractivity contribution is 0.0557. The van der Waals surface area contributed by atoms with Crippen LogP contribution >= 0.6 is 0 Å². The van der Waals surface area contributed by atoms with Gasteiger partial charge in [0.25, 0.3) is 0 Å². The van der Waals surface area contributed by atoms with Gasteiger partial charge in [0.05, 0.1) is 18.2 Å². The Kier molecular flexibility index (Phi) is 5.54. The molecule has 1 aliphatic rings. The molecule has 0 saturated carbocycles. The third kappa shape index (κ3) is 4.04. The smallest absolute Gasteiger partial charge is 0.0991 e. The summed E-state index contributed by atoms with van der Waals surface area (Å²) in [5, 5.41) is 8.81. The molecule has 4 nitrogen and oxygen atoms in total. The quantitative estimate of drug-likeness (QED) is 0.819. The van der Waals surface area contributed by atoms with Gasteiger partial charge < -0.3 is 4.74 Å². The summed E-state index contributed by atoms with van der Waals surface area (Å²) in [6.45, 7) is 8.34. The largest absolute Gasteiger partial charge is 0.383 e. The lowest BCUT2D eigenvalue weighted by Crippen LogP contribution is -2.52. The first-order chi connectivity index (χ1) is 9.72. The number of piperazine rings is 1. The third-order valence-electron chi connectivity index (χ3n) is 3.92. The molecule has 20 heavy (non-hydrogen) atoms. The Morgan fingerprint density at radius 2 is 2.05 bits per heavy atom. The van der Waals surface area contributed by atoms with Crippen LogP contribution < -0.4 is 0 Å². The molecule has 0 aliphatic carbocycles. The molecule has 1 atom stereocenters. The van der Waals surface area contributed by atoms with Gasteiger partial charge >= 0.3 is 0 Å². The highest BCUT2D eigenvalue weighted by atomic mass is 16.5. The van der Waals surface area contributed by atoms with Crippen molar-refractivity contribution in [3.8, 4) is 6.07 Å². The zero-order valence-corrected chi connectivity index (χ0v) is 12.4. The lowest BCUT2D eigenvalue weighted by Gasteiger charge is -2.39. The molecule has 4 heteroatoms. The van der Waals surface area contributed by atoms with Crippen LogP contribution in [0, 0.1) is 11.3 Å². The summed E-state index contributed by atoms with van der Waals surface area (Å²) >= 11 is 0. The molecule has 0 bridgehead atoms. The predicted molar refractivity (Wildman–Crippen MR) is 79.3 cm³/mol. The van der Waals surface area contributed by atoms with Gasteiger partial charge in [0.2, 0.25) is 0 Å². The van der Waals surface area contributed by atoms with Gasteiger partial charge in [0.15, 0.2) is 0 Å². The Bertz CT molecular complexity index is 452. The molecule has 108 valence electrons. The van der Waals surface area contributed by atoms with Crippen LogP contribution in [0.1, 0.15) is 18.1 Å². The molecule has 0 unspecified atom stereocenters. The fourth-order valence-corrected chi connectivity index (χ4v) is 2.70. The fourth-order valence-electron chi connectivity index (χ4n) is 2.70. The molecule has 1 saturated heterocycles. The number of nitriles is 1. The molecule has 0 radical (unpaired) electrons. The van der Waals surface area contributed by atoms with Crippen LogP contribution in [0.4, 0.5) is 0 Å². The molecule has 1 heterocycles. The van der Waals surface area contributed by atoms with Gasteiger partial charge in [-0.25, -0.2) is 0 Å². The van der Waals surface area contributed by atoms with E-state index in [0.29, 0.717) is 6.04 Å². The number of hydrogen-bond acceptors (Lipinski definition) is 4. The van der Waals surface area contributed by atoms with Gasteiger partial charge in [-0.3, -0.25) is 9.80 Å². The molecular weight excluding hydrogens is 250 g/mol. The summed E-state index contributed by atoms with van der Waals surface area (Å²) in [5.74, 6) is 0. The maximum Gasteiger partial charge on any atom is 0.0991 e. The van der Waals surface area contributed by atoms with Crippen LogP contribution in [0.15, 0.2) is 24.3 Å². The highest BCUT2D eigenvalue weighted by Crippen LogP contribution is 2.13. The standard InChI is InChI=1S/C16H23N3O/c1-14-12-18(7-8-19(14)9-10-20-2)13-16-5-3-15(11-17)4-6-16/h3-6,14H,7-10,12-13H2,1-2H3/t14-/m0/s1. The summed E-state index contributed by atoms with van der Waals surface area (Å²) in [7, 11) is 1.76. The molecule has 0 spiro atoms. The minimum atomic E-state index is 0.567. The minimum absolute atomic E-state index is 0.567. The lowest BCUT2D eigenvalue weighted by atomic mass is 10.1. The van der Waals surface area contributed by atoms with Crippen LogP contribution in [-0.2, 0) is 11.3 Å². The van der Waals surface area contributed by atoms with E-state index in [1.54, 1.807) is 7.11 Å². The molecule has 2 rings (SSSR count). The monoisotopic (exact) mass is 273 g/mol. The van der Waals surface area contributed by atoms with E-state index in [9.17, 15) is 0 Å². The molecule has 0 amide bonds. The Hall–Kier alpha value is -1.41. The van der Waals surface area contributed by atoms with Gasteiger partial charge in [-0.15, -0.1) is 0 Å². The summed E-state index contributed by atoms with van der Waals surface area (Å²) in [4.78, 5) is 4.97. The SMILES string of the molecule is COCCN1CCN(Cc2ccc(C#N)cc2)C[C@@H]1C. The van der Waals surface area contributed by atoms with E-state index in [0.717, 1.165) is 44.9 Å². The van der Waals surface area contributed by atoms with E-state index in [2.05, 4.69) is 34.9 Å². The van der Waals surface area contributed by atoms with Crippen LogP contribution in [0.3, 0.4) is 0 Å². The van der Waals surface area contributed by atoms with Crippen molar-refractivity contribution in [2.24, 2.45) is 0 Å². The number of rotatable bonds is 5. The molecule has 1 aromatic rings. The van der Waals surface area contributed by atoms with Crippen molar-refractivity contribution < 1.29 is 4.74 Å². The van der Waals surface area contributed by atoms with Crippen LogP contribution in [0.5, 0.6) is 0 Å². The van der Waals surface area contributed by atoms with Crippen molar-refractivity contribution in [1.82, 2.24) is 9.80 Å². The number of methoxy groups -OCH3 is 1. The Morgan fingerprint density at radius 3 is 2.65 bits per heavy atom. The van der Waals surface area contributed by atoms with Crippen molar-refractivity contribution in [1.29, 1.82) is 5.26 Å². The van der Waals surface area contributed by atoms with Crippen molar-refractivity contribution >= 4 is 0 Å². The van der Waals surface area contributed by atoms with Gasteiger partial charge in [0.1, 0.15) is 0 Å². The van der Waals surface area contributed by atoms with Crippen molar-refractivity contribution in [2.45, 2.75) is 19.5 Å². The first-order valence-corrected chi connectivity index (χ1v) is 7.17. The van der Waals surface area contributed by atoms with E-state index < -0.39 is 0 Å². The average Bonchev–Trinajstić information content (AvgIpc) is 2.47. The van der Waals surface area contributed by atoms with Crippen molar-refractivity contribution in [3.05, 3.63) is 35.4 Å². The van der Waals surface area contributed by atoms with E-state index in [1.165, 1.54) is 5.56 Å². The van der Waals surface area contributed by atoms with Crippen LogP contribution in [0.25, 0.3) is 0 Å². The van der Waals surface area contributed by atoms with E-state index in [4.69, 9.17) is 10.00 Å². The zero-order valence-electron chi connectivity index (χ0n) is 12.4. The van der Waals surface area contributed by atoms with Crippen LogP contribution in [0.2, 0.25) is 0 Å². The second-order valence-corrected chi connectivity index (χ2v) is 5.42. The normalized spacial score (nSPS) is 20.8. The Morgan fingerprint density at radius 1 is 1.30 bits per heavy atom. The second-order valence-electron chi connectivity index (χ2n) is 5.42. The maximum absolute atomic E-state index is 8.81. The summed E-state index contributed by atoms with van der Waals surface area (Å²) < 4.78 is 5.16. The minimum Gasteiger partial charge on any atom is -0.383 e. The first-order valence-electron chi connectivity index (χ1n) is 7.17. The zero-order chi connectivity index (χ0) is 14.4. The van der Waals surface area contributed by atoms with E-state index in [-0.39, 0.29) is 0 Å². The first kappa shape index (κ1) is 15.0. The van der Waals surface area contributed by atoms with Gasteiger partial charge in [0, 0.05) is 45.9 Å². The summed E-state index contributed by atoms with van der Waals surface area (Å²) in [6.07, 6.45) is 0. The van der Waals surface area contributed by atoms with E-state index >= 15 is 0 Å². The van der Waals surface area contributed by atoms with Crippen LogP contribution in [-0.4, -0.2) is 55.7 Å². The number of ether oxygens (including phenoxy) is 1. The average molecular weight is 273 g/mol. The Balaban J connectivity index is 1.84. The fraction of sp³-hybridized carbons (Fsp3) is 0.562. The predicted octanol–water partition coefficient (Wildman–Crippen LogP) is 1.71. The maximum atomic E-state index is 8.81. The highest BCUT2D eigenvalue weighted by molar-refractivity contribution is 5.31. The third-order valence-corrected chi connectivity index (χ3v) is 3.92. The number of hydrogen-bond donors (Lipinski definition) is 0. The van der Waals surface area contributed by atoms with Gasteiger partial charge in [-0.1, -0.05) is 12.1 Å². The Labute approximate surface area is 121 Å². The molecule has 1 aromatic carbocycles. The van der Waals surface area contributed by atoms with Gasteiger partial charge in [-0.2, -0.15) is 5.26 Å². The molecular formula is C16H23N3O. The topological polar surface area (TPSA) is 39.5 Å². The molecule has 1 aliphatic heterocycles. The number of nitrogens with zero attached hydrogens (tertiary/aromatic N) is 3. The molecule has 0 aromatic heterocycles. The van der Waals surface area contributed by atoms with E-state index in [1.807, 2.05) is 12.1 Å². The highest BCUT2D eigenvalue weighted by Gasteiger charge is 2.23. The molecule has 0 N–H and O–H groups in total. The van der Waals surface area contributed by atoms with Gasteiger partial charge in [-0.05, 0) is 24.6 Å². The van der Waals surface area contributed by atoms with Crippen molar-refractivity contribution in [2.75, 3.05) is 39.9 Å². The second kappa shape index (κ2) is 7.39. The summed E-state index contributed by atoms with van der Waals surface area (Å²) in [6, 6.07) is 10.6.